The van der Waals surface area contributed by atoms with Crippen molar-refractivity contribution in [3.63, 3.8) is 0 Å². The fourth-order valence-corrected chi connectivity index (χ4v) is 2.73. The summed E-state index contributed by atoms with van der Waals surface area (Å²) in [6.07, 6.45) is -0.908. The van der Waals surface area contributed by atoms with Gasteiger partial charge in [-0.1, -0.05) is 18.2 Å². The first-order chi connectivity index (χ1) is 12.4. The van der Waals surface area contributed by atoms with Crippen molar-refractivity contribution in [3.05, 3.63) is 54.6 Å². The van der Waals surface area contributed by atoms with Gasteiger partial charge in [-0.3, -0.25) is 14.4 Å². The van der Waals surface area contributed by atoms with Crippen LogP contribution in [0.1, 0.15) is 13.8 Å². The topological polar surface area (TPSA) is 84.5 Å². The first-order valence-corrected chi connectivity index (χ1v) is 8.98. The lowest BCUT2D eigenvalue weighted by molar-refractivity contribution is -0.150. The van der Waals surface area contributed by atoms with E-state index in [9.17, 15) is 14.4 Å². The molecule has 0 aliphatic carbocycles. The van der Waals surface area contributed by atoms with E-state index in [0.29, 0.717) is 11.4 Å². The molecule has 1 atom stereocenters. The third kappa shape index (κ3) is 6.60. The van der Waals surface area contributed by atoms with Gasteiger partial charge in [0.2, 0.25) is 5.91 Å². The summed E-state index contributed by atoms with van der Waals surface area (Å²) in [5.41, 5.74) is 1.18. The van der Waals surface area contributed by atoms with Gasteiger partial charge in [0.05, 0.1) is 5.75 Å². The van der Waals surface area contributed by atoms with E-state index in [1.807, 2.05) is 30.3 Å². The van der Waals surface area contributed by atoms with Gasteiger partial charge in [-0.2, -0.15) is 0 Å². The molecule has 7 heteroatoms. The molecule has 0 spiro atoms. The van der Waals surface area contributed by atoms with Gasteiger partial charge in [0.15, 0.2) is 6.10 Å². The summed E-state index contributed by atoms with van der Waals surface area (Å²) in [5.74, 6) is -0.916. The van der Waals surface area contributed by atoms with Crippen LogP contribution >= 0.6 is 11.8 Å². The number of nitrogens with one attached hydrogen (secondary N) is 2. The quantitative estimate of drug-likeness (QED) is 0.575. The van der Waals surface area contributed by atoms with Crippen molar-refractivity contribution in [1.82, 2.24) is 0 Å². The molecule has 26 heavy (non-hydrogen) atoms. The number of hydrogen-bond donors (Lipinski definition) is 2. The molecule has 0 saturated heterocycles. The highest BCUT2D eigenvalue weighted by Gasteiger charge is 2.18. The second-order valence-corrected chi connectivity index (χ2v) is 6.53. The second kappa shape index (κ2) is 9.62. The van der Waals surface area contributed by atoms with Gasteiger partial charge < -0.3 is 15.4 Å². The number of thioether (sulfide) groups is 1. The van der Waals surface area contributed by atoms with Crippen molar-refractivity contribution in [3.8, 4) is 0 Å². The molecule has 6 nitrogen and oxygen atoms in total. The number of carbonyl (C=O) groups is 3. The van der Waals surface area contributed by atoms with Crippen LogP contribution < -0.4 is 10.6 Å². The Labute approximate surface area is 156 Å². The van der Waals surface area contributed by atoms with E-state index in [4.69, 9.17) is 4.74 Å². The van der Waals surface area contributed by atoms with Gasteiger partial charge in [-0.05, 0) is 43.3 Å². The SMILES string of the molecule is CC(=O)Nc1ccc(NC(=O)[C@@H](C)OC(=O)CSc2ccccc2)cc1. The summed E-state index contributed by atoms with van der Waals surface area (Å²) in [5, 5.41) is 5.30. The summed E-state index contributed by atoms with van der Waals surface area (Å²) in [6, 6.07) is 16.1. The first-order valence-electron chi connectivity index (χ1n) is 8.00. The Morgan fingerprint density at radius 3 is 2.12 bits per heavy atom. The monoisotopic (exact) mass is 372 g/mol. The molecule has 136 valence electrons. The Morgan fingerprint density at radius 1 is 0.962 bits per heavy atom. The number of ether oxygens (including phenoxy) is 1. The van der Waals surface area contributed by atoms with Gasteiger partial charge >= 0.3 is 5.97 Å². The first kappa shape index (κ1) is 19.5. The number of esters is 1. The highest BCUT2D eigenvalue weighted by atomic mass is 32.2. The zero-order chi connectivity index (χ0) is 18.9. The van der Waals surface area contributed by atoms with Crippen LogP contribution in [-0.2, 0) is 19.1 Å². The smallest absolute Gasteiger partial charge is 0.317 e. The van der Waals surface area contributed by atoms with Crippen LogP contribution in [0.25, 0.3) is 0 Å². The lowest BCUT2D eigenvalue weighted by Gasteiger charge is -2.14. The number of anilines is 2. The van der Waals surface area contributed by atoms with E-state index in [0.717, 1.165) is 4.90 Å². The van der Waals surface area contributed by atoms with E-state index in [-0.39, 0.29) is 11.7 Å². The van der Waals surface area contributed by atoms with Crippen molar-refractivity contribution >= 4 is 40.9 Å². The van der Waals surface area contributed by atoms with Crippen molar-refractivity contribution < 1.29 is 19.1 Å². The molecule has 0 aliphatic rings. The van der Waals surface area contributed by atoms with Gasteiger partial charge in [0, 0.05) is 23.2 Å². The molecule has 0 heterocycles. The molecule has 0 bridgehead atoms. The minimum atomic E-state index is -0.908. The average Bonchev–Trinajstić information content (AvgIpc) is 2.62. The summed E-state index contributed by atoms with van der Waals surface area (Å²) in [7, 11) is 0. The van der Waals surface area contributed by atoms with Crippen molar-refractivity contribution in [2.45, 2.75) is 24.8 Å². The van der Waals surface area contributed by atoms with Gasteiger partial charge in [-0.15, -0.1) is 11.8 Å². The molecule has 2 aromatic rings. The third-order valence-electron chi connectivity index (χ3n) is 3.25. The zero-order valence-corrected chi connectivity index (χ0v) is 15.3. The Balaban J connectivity index is 1.79. The Morgan fingerprint density at radius 2 is 1.54 bits per heavy atom. The summed E-state index contributed by atoms with van der Waals surface area (Å²) in [4.78, 5) is 35.9. The lowest BCUT2D eigenvalue weighted by atomic mass is 10.2. The third-order valence-corrected chi connectivity index (χ3v) is 4.24. The molecule has 0 aromatic heterocycles. The number of rotatable bonds is 7. The second-order valence-electron chi connectivity index (χ2n) is 5.48. The van der Waals surface area contributed by atoms with Crippen LogP contribution in [0.2, 0.25) is 0 Å². The Kier molecular flexibility index (Phi) is 7.23. The van der Waals surface area contributed by atoms with Crippen molar-refractivity contribution in [2.24, 2.45) is 0 Å². The predicted molar refractivity (Wildman–Crippen MR) is 102 cm³/mol. The fourth-order valence-electron chi connectivity index (χ4n) is 2.03. The molecular weight excluding hydrogens is 352 g/mol. The zero-order valence-electron chi connectivity index (χ0n) is 14.5. The van der Waals surface area contributed by atoms with Crippen LogP contribution in [0, 0.1) is 0 Å². The molecule has 2 aromatic carbocycles. The van der Waals surface area contributed by atoms with E-state index in [1.165, 1.54) is 25.6 Å². The van der Waals surface area contributed by atoms with Gasteiger partial charge in [0.1, 0.15) is 0 Å². The maximum atomic E-state index is 12.1. The standard InChI is InChI=1S/C19H20N2O4S/c1-13(25-18(23)12-26-17-6-4-3-5-7-17)19(24)21-16-10-8-15(9-11-16)20-14(2)22/h3-11,13H,12H2,1-2H3,(H,20,22)(H,21,24)/t13-/m1/s1. The number of benzene rings is 2. The normalized spacial score (nSPS) is 11.3. The molecule has 0 unspecified atom stereocenters. The summed E-state index contributed by atoms with van der Waals surface area (Å²) in [6.45, 7) is 2.94. The van der Waals surface area contributed by atoms with Crippen LogP contribution in [0.5, 0.6) is 0 Å². The van der Waals surface area contributed by atoms with E-state index in [2.05, 4.69) is 10.6 Å². The Hall–Kier alpha value is -2.80. The van der Waals surface area contributed by atoms with Crippen LogP contribution in [0.15, 0.2) is 59.5 Å². The van der Waals surface area contributed by atoms with Gasteiger partial charge in [0.25, 0.3) is 5.91 Å². The molecular formula is C19H20N2O4S. The maximum Gasteiger partial charge on any atom is 0.317 e. The number of hydrogen-bond acceptors (Lipinski definition) is 5. The van der Waals surface area contributed by atoms with E-state index in [1.54, 1.807) is 24.3 Å². The van der Waals surface area contributed by atoms with E-state index >= 15 is 0 Å². The molecule has 2 amide bonds. The van der Waals surface area contributed by atoms with Crippen molar-refractivity contribution in [2.75, 3.05) is 16.4 Å². The summed E-state index contributed by atoms with van der Waals surface area (Å²) >= 11 is 1.35. The van der Waals surface area contributed by atoms with E-state index < -0.39 is 18.0 Å². The largest absolute Gasteiger partial charge is 0.452 e. The highest BCUT2D eigenvalue weighted by molar-refractivity contribution is 8.00. The van der Waals surface area contributed by atoms with Gasteiger partial charge in [-0.25, -0.2) is 0 Å². The minimum Gasteiger partial charge on any atom is -0.452 e. The molecule has 0 fully saturated rings. The average molecular weight is 372 g/mol. The van der Waals surface area contributed by atoms with Crippen LogP contribution in [-0.4, -0.2) is 29.6 Å². The molecule has 2 N–H and O–H groups in total. The molecule has 2 rings (SSSR count). The predicted octanol–water partition coefficient (Wildman–Crippen LogP) is 3.31. The van der Waals surface area contributed by atoms with Crippen LogP contribution in [0.4, 0.5) is 11.4 Å². The fraction of sp³-hybridized carbons (Fsp3) is 0.211. The number of amides is 2. The number of carbonyl (C=O) groups excluding carboxylic acids is 3. The molecule has 0 aliphatic heterocycles. The summed E-state index contributed by atoms with van der Waals surface area (Å²) < 4.78 is 5.15. The van der Waals surface area contributed by atoms with Crippen molar-refractivity contribution in [1.29, 1.82) is 0 Å². The minimum absolute atomic E-state index is 0.132. The van der Waals surface area contributed by atoms with Crippen LogP contribution in [0.3, 0.4) is 0 Å². The molecule has 0 radical (unpaired) electrons. The lowest BCUT2D eigenvalue weighted by Crippen LogP contribution is -2.30. The maximum absolute atomic E-state index is 12.1. The highest BCUT2D eigenvalue weighted by Crippen LogP contribution is 2.17. The molecule has 0 saturated carbocycles. The Bertz CT molecular complexity index is 763.